The van der Waals surface area contributed by atoms with E-state index in [2.05, 4.69) is 20.4 Å². The SMILES string of the molecule is Cc1nc(CN2CCN(c3cnn(C)c3)C(=O)C2)cs1. The van der Waals surface area contributed by atoms with Crippen molar-refractivity contribution in [3.63, 3.8) is 0 Å². The van der Waals surface area contributed by atoms with Crippen molar-refractivity contribution in [3.8, 4) is 0 Å². The zero-order valence-corrected chi connectivity index (χ0v) is 12.4. The molecule has 1 saturated heterocycles. The van der Waals surface area contributed by atoms with Crippen LogP contribution in [0.5, 0.6) is 0 Å². The van der Waals surface area contributed by atoms with Gasteiger partial charge in [-0.05, 0) is 6.92 Å². The Labute approximate surface area is 121 Å². The summed E-state index contributed by atoms with van der Waals surface area (Å²) in [4.78, 5) is 20.6. The highest BCUT2D eigenvalue weighted by atomic mass is 32.1. The van der Waals surface area contributed by atoms with Crippen LogP contribution in [0, 0.1) is 6.92 Å². The average Bonchev–Trinajstić information content (AvgIpc) is 2.99. The topological polar surface area (TPSA) is 54.3 Å². The Morgan fingerprint density at radius 3 is 2.85 bits per heavy atom. The number of aryl methyl sites for hydroxylation is 2. The molecule has 3 heterocycles. The van der Waals surface area contributed by atoms with Crippen LogP contribution >= 0.6 is 11.3 Å². The predicted molar refractivity (Wildman–Crippen MR) is 77.7 cm³/mol. The molecule has 3 rings (SSSR count). The van der Waals surface area contributed by atoms with Gasteiger partial charge in [0.1, 0.15) is 0 Å². The van der Waals surface area contributed by atoms with E-state index in [1.165, 1.54) is 0 Å². The van der Waals surface area contributed by atoms with Crippen LogP contribution in [0.2, 0.25) is 0 Å². The molecular weight excluding hydrogens is 274 g/mol. The number of hydrogen-bond donors (Lipinski definition) is 0. The largest absolute Gasteiger partial charge is 0.307 e. The van der Waals surface area contributed by atoms with E-state index in [-0.39, 0.29) is 5.91 Å². The van der Waals surface area contributed by atoms with Gasteiger partial charge in [0, 0.05) is 38.3 Å². The lowest BCUT2D eigenvalue weighted by molar-refractivity contribution is -0.121. The first-order valence-electron chi connectivity index (χ1n) is 6.54. The zero-order chi connectivity index (χ0) is 14.1. The van der Waals surface area contributed by atoms with Crippen molar-refractivity contribution in [2.75, 3.05) is 24.5 Å². The molecular formula is C13H17N5OS. The molecule has 20 heavy (non-hydrogen) atoms. The summed E-state index contributed by atoms with van der Waals surface area (Å²) >= 11 is 1.65. The highest BCUT2D eigenvalue weighted by Gasteiger charge is 2.26. The van der Waals surface area contributed by atoms with E-state index in [1.54, 1.807) is 27.1 Å². The number of aromatic nitrogens is 3. The van der Waals surface area contributed by atoms with Crippen molar-refractivity contribution in [3.05, 3.63) is 28.5 Å². The van der Waals surface area contributed by atoms with Gasteiger partial charge in [-0.1, -0.05) is 0 Å². The fourth-order valence-corrected chi connectivity index (χ4v) is 2.99. The van der Waals surface area contributed by atoms with E-state index in [0.717, 1.165) is 29.5 Å². The summed E-state index contributed by atoms with van der Waals surface area (Å²) in [5, 5.41) is 7.25. The van der Waals surface area contributed by atoms with Crippen molar-refractivity contribution in [2.24, 2.45) is 7.05 Å². The molecule has 2 aromatic rings. The molecule has 7 heteroatoms. The lowest BCUT2D eigenvalue weighted by atomic mass is 10.2. The zero-order valence-electron chi connectivity index (χ0n) is 11.6. The van der Waals surface area contributed by atoms with E-state index in [9.17, 15) is 4.79 Å². The maximum absolute atomic E-state index is 12.2. The average molecular weight is 291 g/mol. The third-order valence-electron chi connectivity index (χ3n) is 3.35. The molecule has 6 nitrogen and oxygen atoms in total. The number of carbonyl (C=O) groups excluding carboxylic acids is 1. The van der Waals surface area contributed by atoms with E-state index >= 15 is 0 Å². The van der Waals surface area contributed by atoms with Gasteiger partial charge in [-0.25, -0.2) is 4.98 Å². The molecule has 1 amide bonds. The normalized spacial score (nSPS) is 16.9. The Kier molecular flexibility index (Phi) is 3.54. The third-order valence-corrected chi connectivity index (χ3v) is 4.18. The fraction of sp³-hybridized carbons (Fsp3) is 0.462. The van der Waals surface area contributed by atoms with Crippen LogP contribution in [0.1, 0.15) is 10.7 Å². The van der Waals surface area contributed by atoms with E-state index in [1.807, 2.05) is 20.2 Å². The van der Waals surface area contributed by atoms with Gasteiger partial charge in [-0.15, -0.1) is 11.3 Å². The van der Waals surface area contributed by atoms with Crippen LogP contribution in [0.15, 0.2) is 17.8 Å². The van der Waals surface area contributed by atoms with Crippen LogP contribution < -0.4 is 4.90 Å². The number of anilines is 1. The number of amides is 1. The summed E-state index contributed by atoms with van der Waals surface area (Å²) in [5.41, 5.74) is 1.93. The Morgan fingerprint density at radius 2 is 2.25 bits per heavy atom. The molecule has 0 saturated carbocycles. The fourth-order valence-electron chi connectivity index (χ4n) is 2.39. The quantitative estimate of drug-likeness (QED) is 0.848. The van der Waals surface area contributed by atoms with Crippen LogP contribution in [-0.4, -0.2) is 45.2 Å². The molecule has 1 aliphatic rings. The first-order chi connectivity index (χ1) is 9.61. The number of carbonyl (C=O) groups is 1. The molecule has 2 aromatic heterocycles. The van der Waals surface area contributed by atoms with Crippen molar-refractivity contribution in [1.29, 1.82) is 0 Å². The van der Waals surface area contributed by atoms with Gasteiger partial charge in [0.05, 0.1) is 29.1 Å². The molecule has 1 fully saturated rings. The summed E-state index contributed by atoms with van der Waals surface area (Å²) in [5.74, 6) is 0.121. The Balaban J connectivity index is 1.63. The van der Waals surface area contributed by atoms with Crippen molar-refractivity contribution >= 4 is 22.9 Å². The number of hydrogen-bond acceptors (Lipinski definition) is 5. The molecule has 0 unspecified atom stereocenters. The van der Waals surface area contributed by atoms with Crippen LogP contribution in [0.4, 0.5) is 5.69 Å². The second kappa shape index (κ2) is 5.34. The standard InChI is InChI=1S/C13H17N5OS/c1-10-15-11(9-20-10)6-17-3-4-18(13(19)8-17)12-5-14-16(2)7-12/h5,7,9H,3-4,6,8H2,1-2H3. The highest BCUT2D eigenvalue weighted by Crippen LogP contribution is 2.17. The minimum absolute atomic E-state index is 0.121. The first kappa shape index (κ1) is 13.3. The molecule has 0 bridgehead atoms. The second-order valence-corrected chi connectivity index (χ2v) is 6.05. The Hall–Kier alpha value is -1.73. The number of nitrogens with zero attached hydrogens (tertiary/aromatic N) is 5. The van der Waals surface area contributed by atoms with Gasteiger partial charge in [-0.2, -0.15) is 5.10 Å². The van der Waals surface area contributed by atoms with Gasteiger partial charge in [0.25, 0.3) is 0 Å². The molecule has 1 aliphatic heterocycles. The minimum atomic E-state index is 0.121. The van der Waals surface area contributed by atoms with Crippen LogP contribution in [0.3, 0.4) is 0 Å². The summed E-state index contributed by atoms with van der Waals surface area (Å²) in [6.45, 7) is 4.74. The highest BCUT2D eigenvalue weighted by molar-refractivity contribution is 7.09. The van der Waals surface area contributed by atoms with Gasteiger partial charge >= 0.3 is 0 Å². The van der Waals surface area contributed by atoms with Crippen LogP contribution in [-0.2, 0) is 18.4 Å². The van der Waals surface area contributed by atoms with Crippen molar-refractivity contribution in [1.82, 2.24) is 19.7 Å². The van der Waals surface area contributed by atoms with Gasteiger partial charge in [0.2, 0.25) is 5.91 Å². The van der Waals surface area contributed by atoms with Crippen LogP contribution in [0.25, 0.3) is 0 Å². The lowest BCUT2D eigenvalue weighted by Crippen LogP contribution is -2.50. The summed E-state index contributed by atoms with van der Waals surface area (Å²) in [6.07, 6.45) is 3.61. The molecule has 0 spiro atoms. The smallest absolute Gasteiger partial charge is 0.241 e. The van der Waals surface area contributed by atoms with Gasteiger partial charge < -0.3 is 4.90 Å². The summed E-state index contributed by atoms with van der Waals surface area (Å²) in [7, 11) is 1.86. The summed E-state index contributed by atoms with van der Waals surface area (Å²) in [6, 6.07) is 0. The van der Waals surface area contributed by atoms with E-state index < -0.39 is 0 Å². The minimum Gasteiger partial charge on any atom is -0.307 e. The molecule has 0 radical (unpaired) electrons. The summed E-state index contributed by atoms with van der Waals surface area (Å²) < 4.78 is 1.72. The number of piperazine rings is 1. The molecule has 0 atom stereocenters. The Bertz CT molecular complexity index is 620. The third kappa shape index (κ3) is 2.73. The number of rotatable bonds is 3. The van der Waals surface area contributed by atoms with Gasteiger partial charge in [0.15, 0.2) is 0 Å². The lowest BCUT2D eigenvalue weighted by Gasteiger charge is -2.33. The molecule has 106 valence electrons. The predicted octanol–water partition coefficient (Wildman–Crippen LogP) is 1.03. The van der Waals surface area contributed by atoms with Crippen molar-refractivity contribution < 1.29 is 4.79 Å². The van der Waals surface area contributed by atoms with E-state index in [4.69, 9.17) is 0 Å². The maximum Gasteiger partial charge on any atom is 0.241 e. The van der Waals surface area contributed by atoms with E-state index in [0.29, 0.717) is 13.1 Å². The second-order valence-electron chi connectivity index (χ2n) is 4.99. The Morgan fingerprint density at radius 1 is 1.40 bits per heavy atom. The first-order valence-corrected chi connectivity index (χ1v) is 7.42. The molecule has 0 aliphatic carbocycles. The molecule has 0 aromatic carbocycles. The number of thiazole rings is 1. The monoisotopic (exact) mass is 291 g/mol. The maximum atomic E-state index is 12.2. The van der Waals surface area contributed by atoms with Gasteiger partial charge in [-0.3, -0.25) is 14.4 Å². The van der Waals surface area contributed by atoms with Crippen molar-refractivity contribution in [2.45, 2.75) is 13.5 Å². The molecule has 0 N–H and O–H groups in total.